The molecule has 3 heterocycles. The first-order valence-electron chi connectivity index (χ1n) is 12.4. The summed E-state index contributed by atoms with van der Waals surface area (Å²) < 4.78 is 34.4. The van der Waals surface area contributed by atoms with Crippen molar-refractivity contribution in [3.8, 4) is 0 Å². The monoisotopic (exact) mass is 553 g/mol. The lowest BCUT2D eigenvalue weighted by molar-refractivity contribution is -0.121. The van der Waals surface area contributed by atoms with E-state index in [0.717, 1.165) is 16.2 Å². The number of cyclic esters (lactones) is 1. The number of benzene rings is 3. The van der Waals surface area contributed by atoms with E-state index in [2.05, 4.69) is 0 Å². The number of imide groups is 1. The highest BCUT2D eigenvalue weighted by molar-refractivity contribution is 7.89. The maximum Gasteiger partial charge on any atom is 0.414 e. The van der Waals surface area contributed by atoms with Crippen LogP contribution >= 0.6 is 11.6 Å². The van der Waals surface area contributed by atoms with Crippen molar-refractivity contribution in [2.24, 2.45) is 0 Å². The van der Waals surface area contributed by atoms with Crippen LogP contribution in [0.25, 0.3) is 10.8 Å². The van der Waals surface area contributed by atoms with Gasteiger partial charge < -0.3 is 4.74 Å². The molecule has 0 bridgehead atoms. The van der Waals surface area contributed by atoms with Crippen LogP contribution in [-0.2, 0) is 31.0 Å². The normalized spacial score (nSPS) is 19.2. The Hall–Kier alpha value is -3.47. The van der Waals surface area contributed by atoms with Crippen LogP contribution in [0.1, 0.15) is 31.2 Å². The summed E-state index contributed by atoms with van der Waals surface area (Å²) in [5.41, 5.74) is 1.95. The lowest BCUT2D eigenvalue weighted by Gasteiger charge is -2.39. The molecule has 196 valence electrons. The molecule has 11 heteroatoms. The number of hydrogen-bond donors (Lipinski definition) is 0. The van der Waals surface area contributed by atoms with Crippen LogP contribution in [0.3, 0.4) is 0 Å². The minimum Gasteiger partial charge on any atom is -0.444 e. The fourth-order valence-electron chi connectivity index (χ4n) is 5.57. The van der Waals surface area contributed by atoms with Crippen LogP contribution in [0.5, 0.6) is 0 Å². The van der Waals surface area contributed by atoms with Crippen LogP contribution in [0.15, 0.2) is 59.5 Å². The number of amides is 3. The van der Waals surface area contributed by atoms with Gasteiger partial charge in [0.15, 0.2) is 0 Å². The van der Waals surface area contributed by atoms with Crippen LogP contribution in [0.2, 0.25) is 5.02 Å². The smallest absolute Gasteiger partial charge is 0.414 e. The lowest BCUT2D eigenvalue weighted by Crippen LogP contribution is -2.50. The van der Waals surface area contributed by atoms with Gasteiger partial charge in [0.05, 0.1) is 16.3 Å². The Morgan fingerprint density at radius 3 is 2.26 bits per heavy atom. The summed E-state index contributed by atoms with van der Waals surface area (Å²) in [4.78, 5) is 40.3. The highest BCUT2D eigenvalue weighted by atomic mass is 35.5. The molecule has 3 aliphatic rings. The molecule has 0 N–H and O–H groups in total. The van der Waals surface area contributed by atoms with Crippen molar-refractivity contribution in [2.45, 2.75) is 43.2 Å². The topological polar surface area (TPSA) is 104 Å². The average molecular weight is 554 g/mol. The van der Waals surface area contributed by atoms with E-state index in [1.807, 2.05) is 0 Å². The standard InChI is InChI=1S/C27H24ClN3O6S/c28-18-7-8-22-17(15-18)16-37-27(34)30(22)19-11-13-29(14-12-19)38(35,36)24-6-2-3-20-21(24)4-1-5-23(20)31-25(32)9-10-26(31)33/h1-8,15,19H,9-14,16H2. The van der Waals surface area contributed by atoms with Gasteiger partial charge in [0.1, 0.15) is 6.61 Å². The first-order chi connectivity index (χ1) is 18.3. The van der Waals surface area contributed by atoms with Crippen molar-refractivity contribution in [3.63, 3.8) is 0 Å². The molecule has 9 nitrogen and oxygen atoms in total. The molecular formula is C27H24ClN3O6S. The minimum absolute atomic E-state index is 0.117. The predicted molar refractivity (Wildman–Crippen MR) is 142 cm³/mol. The SMILES string of the molecule is O=C1CCC(=O)N1c1cccc2c(S(=O)(=O)N3CCC(N4C(=O)OCc5cc(Cl)ccc54)CC3)cccc12. The molecule has 0 atom stereocenters. The second-order valence-electron chi connectivity index (χ2n) is 9.58. The van der Waals surface area contributed by atoms with Crippen LogP contribution in [0.4, 0.5) is 16.2 Å². The maximum atomic E-state index is 13.8. The summed E-state index contributed by atoms with van der Waals surface area (Å²) in [5.74, 6) is -0.587. The molecule has 3 amide bonds. The highest BCUT2D eigenvalue weighted by Crippen LogP contribution is 2.37. The van der Waals surface area contributed by atoms with E-state index in [0.29, 0.717) is 34.3 Å². The molecule has 6 rings (SSSR count). The molecule has 38 heavy (non-hydrogen) atoms. The van der Waals surface area contributed by atoms with Gasteiger partial charge in [0, 0.05) is 53.3 Å². The van der Waals surface area contributed by atoms with Crippen molar-refractivity contribution in [3.05, 3.63) is 65.2 Å². The molecule has 0 aromatic heterocycles. The third-order valence-corrected chi connectivity index (χ3v) is 9.60. The van der Waals surface area contributed by atoms with Crippen molar-refractivity contribution >= 4 is 61.7 Å². The number of hydrogen-bond acceptors (Lipinski definition) is 6. The van der Waals surface area contributed by atoms with Gasteiger partial charge in [-0.05, 0) is 43.2 Å². The molecule has 2 fully saturated rings. The predicted octanol–water partition coefficient (Wildman–Crippen LogP) is 4.46. The first kappa shape index (κ1) is 24.8. The molecule has 3 aromatic carbocycles. The number of halogens is 1. The summed E-state index contributed by atoms with van der Waals surface area (Å²) in [7, 11) is -3.90. The van der Waals surface area contributed by atoms with Crippen LogP contribution in [0, 0.1) is 0 Å². The molecule has 0 spiro atoms. The fourth-order valence-corrected chi connectivity index (χ4v) is 7.44. The quantitative estimate of drug-likeness (QED) is 0.442. The molecule has 0 aliphatic carbocycles. The molecule has 0 radical (unpaired) electrons. The second-order valence-corrected chi connectivity index (χ2v) is 11.9. The Balaban J connectivity index is 1.28. The van der Waals surface area contributed by atoms with Crippen LogP contribution < -0.4 is 9.80 Å². The molecule has 0 unspecified atom stereocenters. The number of nitrogens with zero attached hydrogens (tertiary/aromatic N) is 3. The average Bonchev–Trinajstić information content (AvgIpc) is 3.25. The molecule has 3 aliphatic heterocycles. The van der Waals surface area contributed by atoms with Gasteiger partial charge in [-0.1, -0.05) is 35.9 Å². The van der Waals surface area contributed by atoms with E-state index < -0.39 is 16.1 Å². The second kappa shape index (κ2) is 9.37. The summed E-state index contributed by atoms with van der Waals surface area (Å²) in [5, 5.41) is 1.53. The van der Waals surface area contributed by atoms with Gasteiger partial charge in [-0.15, -0.1) is 0 Å². The summed E-state index contributed by atoms with van der Waals surface area (Å²) in [6.07, 6.45) is 0.703. The Kier molecular flexibility index (Phi) is 6.13. The summed E-state index contributed by atoms with van der Waals surface area (Å²) in [6.45, 7) is 0.591. The van der Waals surface area contributed by atoms with Crippen molar-refractivity contribution in [1.82, 2.24) is 4.31 Å². The first-order valence-corrected chi connectivity index (χ1v) is 14.2. The Bertz CT molecular complexity index is 1580. The molecule has 2 saturated heterocycles. The van der Waals surface area contributed by atoms with E-state index in [-0.39, 0.29) is 55.3 Å². The van der Waals surface area contributed by atoms with Gasteiger partial charge in [-0.3, -0.25) is 14.5 Å². The fraction of sp³-hybridized carbons (Fsp3) is 0.296. The number of sulfonamides is 1. The summed E-state index contributed by atoms with van der Waals surface area (Å²) >= 11 is 6.11. The third kappa shape index (κ3) is 4.03. The number of carbonyl (C=O) groups is 3. The number of anilines is 2. The van der Waals surface area contributed by atoms with E-state index in [4.69, 9.17) is 16.3 Å². The van der Waals surface area contributed by atoms with Gasteiger partial charge in [-0.2, -0.15) is 4.31 Å². The third-order valence-electron chi connectivity index (χ3n) is 7.41. The van der Waals surface area contributed by atoms with Crippen LogP contribution in [-0.4, -0.2) is 49.8 Å². The Labute approximate surface area is 224 Å². The van der Waals surface area contributed by atoms with Gasteiger partial charge in [0.25, 0.3) is 0 Å². The Morgan fingerprint density at radius 2 is 1.53 bits per heavy atom. The zero-order valence-corrected chi connectivity index (χ0v) is 21.9. The molecule has 3 aromatic rings. The minimum atomic E-state index is -3.90. The number of piperidine rings is 1. The lowest BCUT2D eigenvalue weighted by atomic mass is 10.0. The van der Waals surface area contributed by atoms with Gasteiger partial charge >= 0.3 is 6.09 Å². The van der Waals surface area contributed by atoms with E-state index in [1.165, 1.54) is 4.31 Å². The highest BCUT2D eigenvalue weighted by Gasteiger charge is 2.38. The van der Waals surface area contributed by atoms with E-state index >= 15 is 0 Å². The number of rotatable bonds is 4. The molecule has 0 saturated carbocycles. The van der Waals surface area contributed by atoms with Crippen molar-refractivity contribution < 1.29 is 27.5 Å². The van der Waals surface area contributed by atoms with Gasteiger partial charge in [0.2, 0.25) is 21.8 Å². The van der Waals surface area contributed by atoms with Crippen molar-refractivity contribution in [2.75, 3.05) is 22.9 Å². The Morgan fingerprint density at radius 1 is 0.842 bits per heavy atom. The van der Waals surface area contributed by atoms with Gasteiger partial charge in [-0.25, -0.2) is 18.1 Å². The largest absolute Gasteiger partial charge is 0.444 e. The zero-order valence-electron chi connectivity index (χ0n) is 20.3. The maximum absolute atomic E-state index is 13.8. The van der Waals surface area contributed by atoms with E-state index in [1.54, 1.807) is 59.5 Å². The van der Waals surface area contributed by atoms with E-state index in [9.17, 15) is 22.8 Å². The zero-order chi connectivity index (χ0) is 26.6. The number of carbonyl (C=O) groups excluding carboxylic acids is 3. The van der Waals surface area contributed by atoms with Crippen molar-refractivity contribution in [1.29, 1.82) is 0 Å². The summed E-state index contributed by atoms with van der Waals surface area (Å²) in [6, 6.07) is 15.0. The number of fused-ring (bicyclic) bond motifs is 2. The molecular weight excluding hydrogens is 530 g/mol. The number of ether oxygens (including phenoxy) is 1.